The van der Waals surface area contributed by atoms with E-state index in [0.717, 1.165) is 48.7 Å². The van der Waals surface area contributed by atoms with Gasteiger partial charge in [0, 0.05) is 31.9 Å². The van der Waals surface area contributed by atoms with Crippen LogP contribution in [-0.4, -0.2) is 48.0 Å². The molecule has 0 bridgehead atoms. The van der Waals surface area contributed by atoms with Crippen LogP contribution in [0, 0.1) is 5.41 Å². The molecule has 1 spiro atoms. The van der Waals surface area contributed by atoms with Gasteiger partial charge in [0.05, 0.1) is 28.5 Å². The molecule has 4 rings (SSSR count). The van der Waals surface area contributed by atoms with Crippen LogP contribution in [0.3, 0.4) is 0 Å². The van der Waals surface area contributed by atoms with Crippen LogP contribution >= 0.6 is 11.6 Å². The van der Waals surface area contributed by atoms with Gasteiger partial charge in [0.1, 0.15) is 5.69 Å². The van der Waals surface area contributed by atoms with Gasteiger partial charge in [-0.05, 0) is 62.6 Å². The molecular weight excluding hydrogens is 487 g/mol. The minimum Gasteiger partial charge on any atom is -0.462 e. The van der Waals surface area contributed by atoms with Gasteiger partial charge in [-0.1, -0.05) is 11.6 Å². The predicted molar refractivity (Wildman–Crippen MR) is 121 cm³/mol. The van der Waals surface area contributed by atoms with E-state index in [4.69, 9.17) is 21.1 Å². The van der Waals surface area contributed by atoms with E-state index < -0.39 is 22.7 Å². The van der Waals surface area contributed by atoms with Crippen molar-refractivity contribution in [2.24, 2.45) is 5.41 Å². The molecule has 1 aromatic carbocycles. The minimum atomic E-state index is -4.60. The minimum absolute atomic E-state index is 0.0507. The molecule has 0 unspecified atom stereocenters. The highest BCUT2D eigenvalue weighted by molar-refractivity contribution is 6.31. The predicted octanol–water partition coefficient (Wildman–Crippen LogP) is 4.45. The van der Waals surface area contributed by atoms with Crippen LogP contribution in [0.15, 0.2) is 18.2 Å². The number of halogens is 4. The molecule has 2 aliphatic rings. The number of aromatic nitrogens is 2. The van der Waals surface area contributed by atoms with Crippen molar-refractivity contribution in [2.45, 2.75) is 51.7 Å². The van der Waals surface area contributed by atoms with Crippen molar-refractivity contribution >= 4 is 23.5 Å². The smallest absolute Gasteiger partial charge is 0.417 e. The Hall–Kier alpha value is -2.59. The van der Waals surface area contributed by atoms with E-state index in [2.05, 4.69) is 10.4 Å². The van der Waals surface area contributed by atoms with Gasteiger partial charge < -0.3 is 14.8 Å². The average molecular weight is 514 g/mol. The number of nitrogens with zero attached hydrogens (tertiary/aromatic N) is 2. The molecular formula is C24H27ClF3N3O4. The van der Waals surface area contributed by atoms with Gasteiger partial charge in [0.2, 0.25) is 0 Å². The van der Waals surface area contributed by atoms with Crippen molar-refractivity contribution in [3.05, 3.63) is 51.3 Å². The Labute approximate surface area is 205 Å². The van der Waals surface area contributed by atoms with Crippen LogP contribution in [0.1, 0.15) is 63.9 Å². The first-order chi connectivity index (χ1) is 16.6. The number of alkyl halides is 3. The Morgan fingerprint density at radius 1 is 1.31 bits per heavy atom. The zero-order valence-electron chi connectivity index (χ0n) is 19.3. The van der Waals surface area contributed by atoms with Gasteiger partial charge in [0.25, 0.3) is 5.91 Å². The summed E-state index contributed by atoms with van der Waals surface area (Å²) >= 11 is 5.69. The zero-order valence-corrected chi connectivity index (χ0v) is 20.1. The number of fused-ring (bicyclic) bond motifs is 1. The summed E-state index contributed by atoms with van der Waals surface area (Å²) in [6.07, 6.45) is -1.21. The molecule has 1 fully saturated rings. The standard InChI is InChI=1S/C24H27ClF3N3O4/c1-2-31-20-16(13-23(14-29-21(20)32)7-10-34-11-8-23)19(30-31)4-3-9-35-22(33)15-5-6-17(18(25)12-15)24(26,27)28/h5-6,12H,2-4,7-11,13-14H2,1H3,(H,29,32). The maximum atomic E-state index is 12.9. The fourth-order valence-electron chi connectivity index (χ4n) is 4.73. The fourth-order valence-corrected chi connectivity index (χ4v) is 5.01. The second-order valence-corrected chi connectivity index (χ2v) is 9.40. The van der Waals surface area contributed by atoms with Crippen molar-refractivity contribution in [2.75, 3.05) is 26.4 Å². The number of nitrogens with one attached hydrogen (secondary N) is 1. The highest BCUT2D eigenvalue weighted by atomic mass is 35.5. The van der Waals surface area contributed by atoms with E-state index >= 15 is 0 Å². The highest BCUT2D eigenvalue weighted by Gasteiger charge is 2.39. The molecule has 0 atom stereocenters. The number of hydrogen-bond donors (Lipinski definition) is 1. The molecule has 7 nitrogen and oxygen atoms in total. The molecule has 0 saturated carbocycles. The SMILES string of the molecule is CCn1nc(CCCOC(=O)c2ccc(C(F)(F)F)c(Cl)c2)c2c1C(=O)NCC1(CCOCC1)C2. The van der Waals surface area contributed by atoms with E-state index in [-0.39, 0.29) is 23.5 Å². The van der Waals surface area contributed by atoms with Crippen LogP contribution in [0.2, 0.25) is 5.02 Å². The Morgan fingerprint density at radius 3 is 2.71 bits per heavy atom. The third-order valence-electron chi connectivity index (χ3n) is 6.68. The molecule has 3 heterocycles. The highest BCUT2D eigenvalue weighted by Crippen LogP contribution is 2.38. The molecule has 1 aromatic heterocycles. The third-order valence-corrected chi connectivity index (χ3v) is 6.99. The largest absolute Gasteiger partial charge is 0.462 e. The molecule has 1 N–H and O–H groups in total. The fraction of sp³-hybridized carbons (Fsp3) is 0.542. The van der Waals surface area contributed by atoms with Crippen LogP contribution in [0.4, 0.5) is 13.2 Å². The summed E-state index contributed by atoms with van der Waals surface area (Å²) in [7, 11) is 0. The van der Waals surface area contributed by atoms with Crippen LogP contribution in [0.5, 0.6) is 0 Å². The van der Waals surface area contributed by atoms with E-state index in [1.807, 2.05) is 6.92 Å². The van der Waals surface area contributed by atoms with Crippen molar-refractivity contribution in [1.82, 2.24) is 15.1 Å². The number of carbonyl (C=O) groups excluding carboxylic acids is 2. The second-order valence-electron chi connectivity index (χ2n) is 8.99. The first kappa shape index (κ1) is 25.5. The second kappa shape index (κ2) is 10.2. The zero-order chi connectivity index (χ0) is 25.2. The quantitative estimate of drug-likeness (QED) is 0.456. The van der Waals surface area contributed by atoms with Gasteiger partial charge >= 0.3 is 12.1 Å². The van der Waals surface area contributed by atoms with Crippen molar-refractivity contribution in [3.8, 4) is 0 Å². The molecule has 0 aliphatic carbocycles. The summed E-state index contributed by atoms with van der Waals surface area (Å²) in [5.41, 5.74) is 1.20. The van der Waals surface area contributed by atoms with E-state index in [9.17, 15) is 22.8 Å². The van der Waals surface area contributed by atoms with E-state index in [1.165, 1.54) is 0 Å². The summed E-state index contributed by atoms with van der Waals surface area (Å²) < 4.78 is 51.1. The third kappa shape index (κ3) is 5.48. The van der Waals surface area contributed by atoms with Crippen LogP contribution in [-0.2, 0) is 35.0 Å². The molecule has 190 valence electrons. The monoisotopic (exact) mass is 513 g/mol. The molecule has 1 amide bonds. The lowest BCUT2D eigenvalue weighted by molar-refractivity contribution is -0.137. The number of hydrogen-bond acceptors (Lipinski definition) is 5. The van der Waals surface area contributed by atoms with Gasteiger partial charge in [0.15, 0.2) is 0 Å². The van der Waals surface area contributed by atoms with Gasteiger partial charge in [-0.15, -0.1) is 0 Å². The number of amides is 1. The van der Waals surface area contributed by atoms with Gasteiger partial charge in [-0.2, -0.15) is 18.3 Å². The Kier molecular flexibility index (Phi) is 7.42. The molecule has 35 heavy (non-hydrogen) atoms. The normalized spacial score (nSPS) is 17.6. The summed E-state index contributed by atoms with van der Waals surface area (Å²) in [6.45, 7) is 4.45. The van der Waals surface area contributed by atoms with Crippen LogP contribution < -0.4 is 5.32 Å². The van der Waals surface area contributed by atoms with Crippen molar-refractivity contribution < 1.29 is 32.2 Å². The van der Waals surface area contributed by atoms with Crippen LogP contribution in [0.25, 0.3) is 0 Å². The summed E-state index contributed by atoms with van der Waals surface area (Å²) in [5.74, 6) is -0.881. The maximum Gasteiger partial charge on any atom is 0.417 e. The Balaban J connectivity index is 1.42. The lowest BCUT2D eigenvalue weighted by Gasteiger charge is -2.36. The van der Waals surface area contributed by atoms with E-state index in [0.29, 0.717) is 44.8 Å². The maximum absolute atomic E-state index is 12.9. The molecule has 2 aromatic rings. The Bertz CT molecular complexity index is 1110. The van der Waals surface area contributed by atoms with Crippen molar-refractivity contribution in [1.29, 1.82) is 0 Å². The molecule has 1 saturated heterocycles. The summed E-state index contributed by atoms with van der Waals surface area (Å²) in [5, 5.41) is 7.17. The summed E-state index contributed by atoms with van der Waals surface area (Å²) in [4.78, 5) is 25.2. The topological polar surface area (TPSA) is 82.5 Å². The Morgan fingerprint density at radius 2 is 2.06 bits per heavy atom. The molecule has 2 aliphatic heterocycles. The number of rotatable bonds is 6. The number of benzene rings is 1. The first-order valence-electron chi connectivity index (χ1n) is 11.6. The van der Waals surface area contributed by atoms with E-state index in [1.54, 1.807) is 4.68 Å². The number of esters is 1. The van der Waals surface area contributed by atoms with Crippen molar-refractivity contribution in [3.63, 3.8) is 0 Å². The van der Waals surface area contributed by atoms with Gasteiger partial charge in [-0.3, -0.25) is 9.48 Å². The lowest BCUT2D eigenvalue weighted by atomic mass is 9.75. The lowest BCUT2D eigenvalue weighted by Crippen LogP contribution is -2.40. The number of aryl methyl sites for hydroxylation is 2. The molecule has 0 radical (unpaired) electrons. The summed E-state index contributed by atoms with van der Waals surface area (Å²) in [6, 6.07) is 2.77. The van der Waals surface area contributed by atoms with Gasteiger partial charge in [-0.25, -0.2) is 4.79 Å². The number of ether oxygens (including phenoxy) is 2. The average Bonchev–Trinajstić information content (AvgIpc) is 3.09. The number of carbonyl (C=O) groups is 2. The molecule has 11 heteroatoms. The first-order valence-corrected chi connectivity index (χ1v) is 12.0.